The molecule has 1 aromatic carbocycles. The normalized spacial score (nSPS) is 28.8. The molecule has 18 heavy (non-hydrogen) atoms. The minimum absolute atomic E-state index is 0.378. The van der Waals surface area contributed by atoms with Gasteiger partial charge in [0.15, 0.2) is 0 Å². The topological polar surface area (TPSA) is 72.5 Å². The molecule has 3 saturated carbocycles. The van der Waals surface area contributed by atoms with Crippen LogP contribution in [0.2, 0.25) is 0 Å². The Morgan fingerprint density at radius 1 is 1.22 bits per heavy atom. The summed E-state index contributed by atoms with van der Waals surface area (Å²) >= 11 is 0. The molecule has 0 heterocycles. The number of nitrogens with one attached hydrogen (secondary N) is 1. The van der Waals surface area contributed by atoms with Gasteiger partial charge < -0.3 is 4.18 Å². The van der Waals surface area contributed by atoms with Gasteiger partial charge in [0, 0.05) is 0 Å². The molecule has 5 nitrogen and oxygen atoms in total. The van der Waals surface area contributed by atoms with Crippen LogP contribution in [-0.4, -0.2) is 14.4 Å². The minimum Gasteiger partial charge on any atom is -0.329 e. The summed E-state index contributed by atoms with van der Waals surface area (Å²) in [5, 5.41) is 0. The molecule has 4 rings (SSSR count). The Kier molecular flexibility index (Phi) is 2.38. The Labute approximate surface area is 105 Å². The fraction of sp³-hybridized carbons (Fsp3) is 0.417. The number of anilines is 1. The molecular weight excluding hydrogens is 254 g/mol. The monoisotopic (exact) mass is 267 g/mol. The zero-order chi connectivity index (χ0) is 12.8. The molecule has 0 aromatic heterocycles. The van der Waals surface area contributed by atoms with E-state index in [9.17, 15) is 13.2 Å². The van der Waals surface area contributed by atoms with E-state index in [1.807, 2.05) is 0 Å². The van der Waals surface area contributed by atoms with Gasteiger partial charge in [-0.2, -0.15) is 8.42 Å². The largest absolute Gasteiger partial charge is 0.410 e. The Morgan fingerprint density at radius 2 is 1.83 bits per heavy atom. The van der Waals surface area contributed by atoms with Gasteiger partial charge in [-0.15, -0.1) is 0 Å². The predicted octanol–water partition coefficient (Wildman–Crippen LogP) is 1.69. The molecule has 0 atom stereocenters. The molecule has 0 saturated heterocycles. The second-order valence-corrected chi connectivity index (χ2v) is 6.33. The fourth-order valence-electron chi connectivity index (χ4n) is 2.59. The molecule has 2 bridgehead atoms. The van der Waals surface area contributed by atoms with Crippen molar-refractivity contribution in [1.82, 2.24) is 0 Å². The van der Waals surface area contributed by atoms with Crippen LogP contribution in [0.15, 0.2) is 30.3 Å². The van der Waals surface area contributed by atoms with Crippen LogP contribution in [0.5, 0.6) is 0 Å². The molecule has 3 aliphatic carbocycles. The van der Waals surface area contributed by atoms with Crippen molar-refractivity contribution in [3.8, 4) is 0 Å². The third-order valence-electron chi connectivity index (χ3n) is 3.67. The van der Waals surface area contributed by atoms with Gasteiger partial charge in [-0.05, 0) is 37.3 Å². The van der Waals surface area contributed by atoms with Crippen LogP contribution in [-0.2, 0) is 19.3 Å². The summed E-state index contributed by atoms with van der Waals surface area (Å²) in [6.07, 6.45) is 2.31. The number of rotatable bonds is 4. The van der Waals surface area contributed by atoms with E-state index in [2.05, 4.69) is 8.91 Å². The molecule has 1 N–H and O–H groups in total. The zero-order valence-electron chi connectivity index (χ0n) is 9.63. The summed E-state index contributed by atoms with van der Waals surface area (Å²) in [5.41, 5.74) is -0.126. The molecule has 3 aliphatic rings. The first-order valence-corrected chi connectivity index (χ1v) is 7.22. The number of hydrogen-bond acceptors (Lipinski definition) is 4. The number of para-hydroxylation sites is 1. The van der Waals surface area contributed by atoms with Crippen LogP contribution in [0.25, 0.3) is 0 Å². The van der Waals surface area contributed by atoms with Gasteiger partial charge in [-0.3, -0.25) is 9.52 Å². The summed E-state index contributed by atoms with van der Waals surface area (Å²) < 4.78 is 30.1. The first-order chi connectivity index (χ1) is 8.49. The van der Waals surface area contributed by atoms with E-state index in [-0.39, 0.29) is 0 Å². The maximum atomic E-state index is 11.7. The molecule has 0 radical (unpaired) electrons. The fourth-order valence-corrected chi connectivity index (χ4v) is 3.43. The predicted molar refractivity (Wildman–Crippen MR) is 64.9 cm³/mol. The number of hydrogen-bond donors (Lipinski definition) is 1. The molecule has 1 aromatic rings. The van der Waals surface area contributed by atoms with E-state index in [0.717, 1.165) is 19.3 Å². The Morgan fingerprint density at radius 3 is 2.33 bits per heavy atom. The quantitative estimate of drug-likeness (QED) is 0.901. The van der Waals surface area contributed by atoms with Crippen molar-refractivity contribution in [3.05, 3.63) is 30.3 Å². The summed E-state index contributed by atoms with van der Waals surface area (Å²) in [4.78, 5) is 11.7. The number of benzene rings is 1. The van der Waals surface area contributed by atoms with Crippen molar-refractivity contribution in [1.29, 1.82) is 0 Å². The standard InChI is InChI=1S/C12H13NO4S/c14-11(12-6-9(7-12)8-12)17-18(15,16)13-10-4-2-1-3-5-10/h1-5,9,13H,6-8H2. The molecule has 3 fully saturated rings. The van der Waals surface area contributed by atoms with Crippen molar-refractivity contribution in [2.45, 2.75) is 19.3 Å². The number of carbonyl (C=O) groups is 1. The van der Waals surface area contributed by atoms with Crippen molar-refractivity contribution in [2.24, 2.45) is 11.3 Å². The average molecular weight is 267 g/mol. The Balaban J connectivity index is 1.66. The zero-order valence-corrected chi connectivity index (χ0v) is 10.4. The highest BCUT2D eigenvalue weighted by atomic mass is 32.2. The lowest BCUT2D eigenvalue weighted by molar-refractivity contribution is -0.180. The van der Waals surface area contributed by atoms with Gasteiger partial charge in [0.1, 0.15) is 0 Å². The highest BCUT2D eigenvalue weighted by Crippen LogP contribution is 2.65. The first kappa shape index (κ1) is 11.5. The second kappa shape index (κ2) is 3.71. The van der Waals surface area contributed by atoms with Crippen LogP contribution in [0, 0.1) is 11.3 Å². The van der Waals surface area contributed by atoms with Crippen molar-refractivity contribution in [2.75, 3.05) is 4.72 Å². The van der Waals surface area contributed by atoms with Gasteiger partial charge in [0.05, 0.1) is 11.1 Å². The smallest absolute Gasteiger partial charge is 0.329 e. The molecule has 6 heteroatoms. The molecule has 0 unspecified atom stereocenters. The van der Waals surface area contributed by atoms with Gasteiger partial charge >= 0.3 is 16.3 Å². The second-order valence-electron chi connectivity index (χ2n) is 5.05. The lowest BCUT2D eigenvalue weighted by Gasteiger charge is -2.58. The van der Waals surface area contributed by atoms with Crippen LogP contribution in [0.3, 0.4) is 0 Å². The Bertz CT molecular complexity index is 564. The van der Waals surface area contributed by atoms with Crippen molar-refractivity contribution in [3.63, 3.8) is 0 Å². The lowest BCUT2D eigenvalue weighted by Crippen LogP contribution is -2.57. The number of carbonyl (C=O) groups excluding carboxylic acids is 1. The Hall–Kier alpha value is -1.56. The van der Waals surface area contributed by atoms with Gasteiger partial charge in [0.25, 0.3) is 0 Å². The summed E-state index contributed by atoms with van der Waals surface area (Å²) in [7, 11) is -4.07. The SMILES string of the molecule is O=C(OS(=O)(=O)Nc1ccccc1)C12CC(C1)C2. The van der Waals surface area contributed by atoms with Gasteiger partial charge in [-0.1, -0.05) is 18.2 Å². The van der Waals surface area contributed by atoms with Crippen LogP contribution in [0.1, 0.15) is 19.3 Å². The van der Waals surface area contributed by atoms with E-state index in [4.69, 9.17) is 0 Å². The van der Waals surface area contributed by atoms with E-state index < -0.39 is 21.7 Å². The average Bonchev–Trinajstić information content (AvgIpc) is 2.11. The van der Waals surface area contributed by atoms with Gasteiger partial charge in [-0.25, -0.2) is 0 Å². The molecule has 96 valence electrons. The summed E-state index contributed by atoms with van der Waals surface area (Å²) in [6.45, 7) is 0. The highest BCUT2D eigenvalue weighted by molar-refractivity contribution is 7.88. The maximum Gasteiger partial charge on any atom is 0.410 e. The summed E-state index contributed by atoms with van der Waals surface area (Å²) in [5.74, 6) is -0.0178. The summed E-state index contributed by atoms with van der Waals surface area (Å²) in [6, 6.07) is 8.34. The highest BCUT2D eigenvalue weighted by Gasteiger charge is 2.63. The third-order valence-corrected chi connectivity index (χ3v) is 4.53. The molecule has 0 amide bonds. The van der Waals surface area contributed by atoms with Crippen LogP contribution >= 0.6 is 0 Å². The van der Waals surface area contributed by atoms with E-state index >= 15 is 0 Å². The molecular formula is C12H13NO4S. The molecule has 0 aliphatic heterocycles. The van der Waals surface area contributed by atoms with E-state index in [1.54, 1.807) is 30.3 Å². The van der Waals surface area contributed by atoms with E-state index in [1.165, 1.54) is 0 Å². The maximum absolute atomic E-state index is 11.7. The van der Waals surface area contributed by atoms with Crippen LogP contribution < -0.4 is 4.72 Å². The van der Waals surface area contributed by atoms with Crippen LogP contribution in [0.4, 0.5) is 5.69 Å². The third kappa shape index (κ3) is 1.86. The van der Waals surface area contributed by atoms with Gasteiger partial charge in [0.2, 0.25) is 0 Å². The first-order valence-electron chi connectivity index (χ1n) is 5.81. The van der Waals surface area contributed by atoms with Crippen molar-refractivity contribution >= 4 is 22.0 Å². The minimum atomic E-state index is -4.07. The lowest BCUT2D eigenvalue weighted by atomic mass is 9.44. The molecule has 0 spiro atoms. The van der Waals surface area contributed by atoms with E-state index in [0.29, 0.717) is 11.6 Å². The van der Waals surface area contributed by atoms with Crippen molar-refractivity contribution < 1.29 is 17.4 Å².